The number of rotatable bonds is 10. The first-order valence-electron chi connectivity index (χ1n) is 7.44. The average molecular weight is 281 g/mol. The predicted molar refractivity (Wildman–Crippen MR) is 78.9 cm³/mol. The van der Waals surface area contributed by atoms with Crippen molar-refractivity contribution in [2.75, 3.05) is 13.1 Å². The molecule has 0 aliphatic rings. The molecule has 1 unspecified atom stereocenters. The summed E-state index contributed by atoms with van der Waals surface area (Å²) in [6.07, 6.45) is 5.68. The molecule has 0 radical (unpaired) electrons. The Morgan fingerprint density at radius 1 is 1.45 bits per heavy atom. The van der Waals surface area contributed by atoms with Gasteiger partial charge in [-0.05, 0) is 37.6 Å². The molecule has 6 heteroatoms. The van der Waals surface area contributed by atoms with E-state index in [0.29, 0.717) is 31.3 Å². The Morgan fingerprint density at radius 2 is 2.25 bits per heavy atom. The van der Waals surface area contributed by atoms with Gasteiger partial charge in [0, 0.05) is 19.4 Å². The lowest BCUT2D eigenvalue weighted by atomic mass is 9.88. The lowest BCUT2D eigenvalue weighted by molar-refractivity contribution is -0.121. The largest absolute Gasteiger partial charge is 0.356 e. The molecule has 4 N–H and O–H groups in total. The minimum atomic E-state index is 0.130. The molecule has 1 atom stereocenters. The summed E-state index contributed by atoms with van der Waals surface area (Å²) in [6.45, 7) is 5.76. The van der Waals surface area contributed by atoms with Crippen LogP contribution in [0.3, 0.4) is 0 Å². The molecule has 1 aromatic rings. The number of carbonyl (C=O) groups is 1. The second-order valence-corrected chi connectivity index (χ2v) is 5.51. The van der Waals surface area contributed by atoms with E-state index in [1.54, 1.807) is 0 Å². The van der Waals surface area contributed by atoms with Gasteiger partial charge in [0.2, 0.25) is 5.91 Å². The molecule has 1 aromatic heterocycles. The van der Waals surface area contributed by atoms with E-state index in [9.17, 15) is 4.79 Å². The third-order valence-electron chi connectivity index (χ3n) is 3.60. The summed E-state index contributed by atoms with van der Waals surface area (Å²) in [4.78, 5) is 15.8. The average Bonchev–Trinajstić information content (AvgIpc) is 2.92. The van der Waals surface area contributed by atoms with Crippen molar-refractivity contribution in [1.82, 2.24) is 20.5 Å². The predicted octanol–water partition coefficient (Wildman–Crippen LogP) is 1.25. The second kappa shape index (κ2) is 9.47. The maximum Gasteiger partial charge on any atom is 0.220 e. The zero-order valence-electron chi connectivity index (χ0n) is 12.6. The maximum atomic E-state index is 11.8. The first-order valence-corrected chi connectivity index (χ1v) is 7.44. The zero-order valence-corrected chi connectivity index (χ0v) is 12.6. The Bertz CT molecular complexity index is 364. The van der Waals surface area contributed by atoms with Gasteiger partial charge in [0.25, 0.3) is 0 Å². The SMILES string of the molecule is CC(C)C(CCN)CCC(=O)NCCCc1ncn[nH]1. The summed E-state index contributed by atoms with van der Waals surface area (Å²) < 4.78 is 0. The van der Waals surface area contributed by atoms with Crippen molar-refractivity contribution in [3.63, 3.8) is 0 Å². The summed E-state index contributed by atoms with van der Waals surface area (Å²) in [5.74, 6) is 2.12. The van der Waals surface area contributed by atoms with Crippen LogP contribution >= 0.6 is 0 Å². The van der Waals surface area contributed by atoms with Crippen molar-refractivity contribution < 1.29 is 4.79 Å². The number of nitrogens with one attached hydrogen (secondary N) is 2. The maximum absolute atomic E-state index is 11.8. The van der Waals surface area contributed by atoms with Crippen LogP contribution < -0.4 is 11.1 Å². The molecule has 1 rings (SSSR count). The number of carbonyl (C=O) groups excluding carboxylic acids is 1. The number of amides is 1. The van der Waals surface area contributed by atoms with Gasteiger partial charge in [-0.3, -0.25) is 9.89 Å². The smallest absolute Gasteiger partial charge is 0.220 e. The molecular formula is C14H27N5O. The van der Waals surface area contributed by atoms with Crippen LogP contribution in [0, 0.1) is 11.8 Å². The van der Waals surface area contributed by atoms with Crippen LogP contribution in [0.4, 0.5) is 0 Å². The molecule has 0 spiro atoms. The number of H-pyrrole nitrogens is 1. The number of hydrogen-bond donors (Lipinski definition) is 3. The molecular weight excluding hydrogens is 254 g/mol. The number of aromatic nitrogens is 3. The molecule has 0 saturated carbocycles. The van der Waals surface area contributed by atoms with Crippen LogP contribution in [0.25, 0.3) is 0 Å². The second-order valence-electron chi connectivity index (χ2n) is 5.51. The summed E-state index contributed by atoms with van der Waals surface area (Å²) in [5, 5.41) is 9.54. The van der Waals surface area contributed by atoms with Crippen LogP contribution in [-0.2, 0) is 11.2 Å². The number of hydrogen-bond acceptors (Lipinski definition) is 4. The Labute approximate surface area is 120 Å². The molecule has 0 bridgehead atoms. The number of aromatic amines is 1. The molecule has 1 heterocycles. The Balaban J connectivity index is 2.10. The van der Waals surface area contributed by atoms with E-state index >= 15 is 0 Å². The summed E-state index contributed by atoms with van der Waals surface area (Å²) in [7, 11) is 0. The van der Waals surface area contributed by atoms with Crippen molar-refractivity contribution in [3.05, 3.63) is 12.2 Å². The molecule has 0 fully saturated rings. The van der Waals surface area contributed by atoms with Crippen molar-refractivity contribution in [1.29, 1.82) is 0 Å². The Kier molecular flexibility index (Phi) is 7.87. The molecule has 20 heavy (non-hydrogen) atoms. The first kappa shape index (κ1) is 16.6. The number of nitrogens with two attached hydrogens (primary N) is 1. The molecule has 0 aliphatic carbocycles. The van der Waals surface area contributed by atoms with Gasteiger partial charge in [0.1, 0.15) is 12.2 Å². The first-order chi connectivity index (χ1) is 9.63. The zero-order chi connectivity index (χ0) is 14.8. The minimum absolute atomic E-state index is 0.130. The monoisotopic (exact) mass is 281 g/mol. The third kappa shape index (κ3) is 6.65. The van der Waals surface area contributed by atoms with Gasteiger partial charge in [-0.15, -0.1) is 0 Å². The van der Waals surface area contributed by atoms with Crippen molar-refractivity contribution in [3.8, 4) is 0 Å². The Morgan fingerprint density at radius 3 is 2.85 bits per heavy atom. The van der Waals surface area contributed by atoms with Gasteiger partial charge in [-0.25, -0.2) is 4.98 Å². The van der Waals surface area contributed by atoms with E-state index in [0.717, 1.165) is 31.5 Å². The highest BCUT2D eigenvalue weighted by atomic mass is 16.1. The van der Waals surface area contributed by atoms with Gasteiger partial charge < -0.3 is 11.1 Å². The summed E-state index contributed by atoms with van der Waals surface area (Å²) in [6, 6.07) is 0. The van der Waals surface area contributed by atoms with E-state index in [1.807, 2.05) is 0 Å². The quantitative estimate of drug-likeness (QED) is 0.562. The van der Waals surface area contributed by atoms with Crippen molar-refractivity contribution in [2.24, 2.45) is 17.6 Å². The van der Waals surface area contributed by atoms with E-state index in [2.05, 4.69) is 34.3 Å². The summed E-state index contributed by atoms with van der Waals surface area (Å²) >= 11 is 0. The molecule has 114 valence electrons. The third-order valence-corrected chi connectivity index (χ3v) is 3.60. The number of nitrogens with zero attached hydrogens (tertiary/aromatic N) is 2. The fourth-order valence-corrected chi connectivity index (χ4v) is 2.26. The van der Waals surface area contributed by atoms with E-state index in [1.165, 1.54) is 6.33 Å². The Hall–Kier alpha value is -1.43. The van der Waals surface area contributed by atoms with E-state index < -0.39 is 0 Å². The van der Waals surface area contributed by atoms with E-state index in [-0.39, 0.29) is 5.91 Å². The fourth-order valence-electron chi connectivity index (χ4n) is 2.26. The molecule has 0 saturated heterocycles. The van der Waals surface area contributed by atoms with Crippen molar-refractivity contribution >= 4 is 5.91 Å². The summed E-state index contributed by atoms with van der Waals surface area (Å²) in [5.41, 5.74) is 5.60. The van der Waals surface area contributed by atoms with Gasteiger partial charge >= 0.3 is 0 Å². The normalized spacial score (nSPS) is 12.6. The van der Waals surface area contributed by atoms with Gasteiger partial charge in [-0.2, -0.15) is 5.10 Å². The molecule has 0 aromatic carbocycles. The fraction of sp³-hybridized carbons (Fsp3) is 0.786. The van der Waals surface area contributed by atoms with Crippen LogP contribution in [0.5, 0.6) is 0 Å². The molecule has 6 nitrogen and oxygen atoms in total. The van der Waals surface area contributed by atoms with Crippen molar-refractivity contribution in [2.45, 2.75) is 46.0 Å². The van der Waals surface area contributed by atoms with Gasteiger partial charge in [-0.1, -0.05) is 13.8 Å². The highest BCUT2D eigenvalue weighted by molar-refractivity contribution is 5.75. The lowest BCUT2D eigenvalue weighted by Gasteiger charge is -2.19. The topological polar surface area (TPSA) is 96.7 Å². The van der Waals surface area contributed by atoms with Gasteiger partial charge in [0.15, 0.2) is 0 Å². The molecule has 0 aliphatic heterocycles. The highest BCUT2D eigenvalue weighted by Gasteiger charge is 2.14. The standard InChI is InChI=1S/C14H27N5O/c1-11(2)12(7-8-15)5-6-14(20)16-9-3-4-13-17-10-18-19-13/h10-12H,3-9,15H2,1-2H3,(H,16,20)(H,17,18,19). The van der Waals surface area contributed by atoms with Crippen LogP contribution in [0.1, 0.15) is 45.4 Å². The van der Waals surface area contributed by atoms with Gasteiger partial charge in [0.05, 0.1) is 0 Å². The van der Waals surface area contributed by atoms with Crippen LogP contribution in [0.2, 0.25) is 0 Å². The van der Waals surface area contributed by atoms with Crippen LogP contribution in [0.15, 0.2) is 6.33 Å². The van der Waals surface area contributed by atoms with Crippen LogP contribution in [-0.4, -0.2) is 34.2 Å². The number of aryl methyl sites for hydroxylation is 1. The lowest BCUT2D eigenvalue weighted by Crippen LogP contribution is -2.26. The van der Waals surface area contributed by atoms with E-state index in [4.69, 9.17) is 5.73 Å². The minimum Gasteiger partial charge on any atom is -0.356 e. The molecule has 1 amide bonds. The highest BCUT2D eigenvalue weighted by Crippen LogP contribution is 2.20.